The van der Waals surface area contributed by atoms with Crippen molar-refractivity contribution in [3.05, 3.63) is 42.0 Å². The third-order valence-electron chi connectivity index (χ3n) is 3.85. The second-order valence-electron chi connectivity index (χ2n) is 5.29. The van der Waals surface area contributed by atoms with E-state index in [0.717, 1.165) is 43.5 Å². The summed E-state index contributed by atoms with van der Waals surface area (Å²) in [6.07, 6.45) is 1.78. The van der Waals surface area contributed by atoms with Crippen molar-refractivity contribution >= 4 is 11.6 Å². The molecule has 116 valence electrons. The number of hydrogen-bond donors (Lipinski definition) is 0. The Morgan fingerprint density at radius 2 is 1.82 bits per heavy atom. The number of hydrogen-bond acceptors (Lipinski definition) is 5. The molecule has 5 nitrogen and oxygen atoms in total. The maximum Gasteiger partial charge on any atom is 0.225 e. The van der Waals surface area contributed by atoms with Gasteiger partial charge in [-0.05, 0) is 25.1 Å². The highest BCUT2D eigenvalue weighted by atomic mass is 19.1. The Hall–Kier alpha value is -2.37. The van der Waals surface area contributed by atoms with Gasteiger partial charge in [-0.25, -0.2) is 14.4 Å². The Bertz CT molecular complexity index is 656. The van der Waals surface area contributed by atoms with Crippen molar-refractivity contribution in [3.8, 4) is 5.75 Å². The number of methoxy groups -OCH3 is 1. The quantitative estimate of drug-likeness (QED) is 0.870. The molecular formula is C16H19FN4O. The van der Waals surface area contributed by atoms with Crippen LogP contribution in [-0.4, -0.2) is 43.3 Å². The average Bonchev–Trinajstić information content (AvgIpc) is 2.55. The summed E-state index contributed by atoms with van der Waals surface area (Å²) < 4.78 is 18.8. The summed E-state index contributed by atoms with van der Waals surface area (Å²) in [6, 6.07) is 6.97. The molecule has 1 saturated heterocycles. The van der Waals surface area contributed by atoms with Crippen LogP contribution in [0.5, 0.6) is 5.75 Å². The zero-order valence-electron chi connectivity index (χ0n) is 12.8. The highest BCUT2D eigenvalue weighted by Crippen LogP contribution is 2.24. The van der Waals surface area contributed by atoms with Crippen LogP contribution >= 0.6 is 0 Å². The molecule has 0 aliphatic carbocycles. The lowest BCUT2D eigenvalue weighted by atomic mass is 10.2. The Balaban J connectivity index is 1.68. The van der Waals surface area contributed by atoms with Crippen molar-refractivity contribution in [2.24, 2.45) is 0 Å². The van der Waals surface area contributed by atoms with E-state index in [0.29, 0.717) is 0 Å². The molecule has 1 fully saturated rings. The number of anilines is 2. The smallest absolute Gasteiger partial charge is 0.225 e. The minimum Gasteiger partial charge on any atom is -0.494 e. The van der Waals surface area contributed by atoms with Crippen LogP contribution in [-0.2, 0) is 0 Å². The summed E-state index contributed by atoms with van der Waals surface area (Å²) >= 11 is 0. The van der Waals surface area contributed by atoms with Crippen molar-refractivity contribution in [2.45, 2.75) is 6.92 Å². The lowest BCUT2D eigenvalue weighted by molar-refractivity contribution is 0.386. The van der Waals surface area contributed by atoms with Gasteiger partial charge >= 0.3 is 0 Å². The van der Waals surface area contributed by atoms with Gasteiger partial charge in [0.2, 0.25) is 5.95 Å². The van der Waals surface area contributed by atoms with Gasteiger partial charge in [-0.15, -0.1) is 0 Å². The Morgan fingerprint density at radius 3 is 2.45 bits per heavy atom. The highest BCUT2D eigenvalue weighted by molar-refractivity contribution is 5.51. The molecule has 2 aromatic rings. The lowest BCUT2D eigenvalue weighted by Crippen LogP contribution is -2.47. The van der Waals surface area contributed by atoms with Crippen LogP contribution in [0, 0.1) is 12.7 Å². The molecule has 1 aromatic carbocycles. The molecule has 1 aliphatic heterocycles. The Morgan fingerprint density at radius 1 is 1.09 bits per heavy atom. The minimum absolute atomic E-state index is 0.274. The van der Waals surface area contributed by atoms with Gasteiger partial charge in [0.15, 0.2) is 11.6 Å². The monoisotopic (exact) mass is 302 g/mol. The van der Waals surface area contributed by atoms with Gasteiger partial charge in [0.1, 0.15) is 0 Å². The fourth-order valence-electron chi connectivity index (χ4n) is 2.60. The Labute approximate surface area is 129 Å². The van der Waals surface area contributed by atoms with Crippen molar-refractivity contribution in [1.82, 2.24) is 9.97 Å². The van der Waals surface area contributed by atoms with Crippen molar-refractivity contribution in [3.63, 3.8) is 0 Å². The van der Waals surface area contributed by atoms with Gasteiger partial charge in [-0.3, -0.25) is 0 Å². The number of nitrogens with zero attached hydrogens (tertiary/aromatic N) is 4. The fourth-order valence-corrected chi connectivity index (χ4v) is 2.60. The molecule has 2 heterocycles. The molecule has 0 amide bonds. The highest BCUT2D eigenvalue weighted by Gasteiger charge is 2.20. The first-order valence-corrected chi connectivity index (χ1v) is 7.30. The zero-order chi connectivity index (χ0) is 15.5. The number of halogens is 1. The van der Waals surface area contributed by atoms with Crippen LogP contribution in [0.1, 0.15) is 5.69 Å². The van der Waals surface area contributed by atoms with Crippen LogP contribution in [0.25, 0.3) is 0 Å². The minimum atomic E-state index is -0.329. The molecule has 1 aliphatic rings. The SMILES string of the molecule is COc1ccc(N2CCN(c3nccc(C)n3)CC2)cc1F. The first kappa shape index (κ1) is 14.6. The predicted molar refractivity (Wildman–Crippen MR) is 84.1 cm³/mol. The molecule has 0 bridgehead atoms. The number of piperazine rings is 1. The number of ether oxygens (including phenoxy) is 1. The van der Waals surface area contributed by atoms with E-state index in [-0.39, 0.29) is 11.6 Å². The number of aryl methyl sites for hydroxylation is 1. The third kappa shape index (κ3) is 2.95. The summed E-state index contributed by atoms with van der Waals surface area (Å²) in [5.74, 6) is 0.709. The van der Waals surface area contributed by atoms with Crippen LogP contribution in [0.15, 0.2) is 30.5 Å². The van der Waals surface area contributed by atoms with E-state index in [1.807, 2.05) is 19.1 Å². The van der Waals surface area contributed by atoms with Gasteiger partial charge < -0.3 is 14.5 Å². The molecule has 0 atom stereocenters. The van der Waals surface area contributed by atoms with Gasteiger partial charge in [-0.2, -0.15) is 0 Å². The van der Waals surface area contributed by atoms with E-state index in [4.69, 9.17) is 4.74 Å². The van der Waals surface area contributed by atoms with Gasteiger partial charge in [0.05, 0.1) is 7.11 Å². The van der Waals surface area contributed by atoms with Crippen LogP contribution < -0.4 is 14.5 Å². The second kappa shape index (κ2) is 6.17. The van der Waals surface area contributed by atoms with Gasteiger partial charge in [-0.1, -0.05) is 0 Å². The second-order valence-corrected chi connectivity index (χ2v) is 5.29. The topological polar surface area (TPSA) is 41.5 Å². The van der Waals surface area contributed by atoms with E-state index < -0.39 is 0 Å². The molecule has 6 heteroatoms. The summed E-state index contributed by atoms with van der Waals surface area (Å²) in [4.78, 5) is 13.1. The van der Waals surface area contributed by atoms with Crippen molar-refractivity contribution in [2.75, 3.05) is 43.1 Å². The summed E-state index contributed by atoms with van der Waals surface area (Å²) in [5.41, 5.74) is 1.84. The first-order valence-electron chi connectivity index (χ1n) is 7.30. The van der Waals surface area contributed by atoms with Crippen LogP contribution in [0.3, 0.4) is 0 Å². The summed E-state index contributed by atoms with van der Waals surface area (Å²) in [6.45, 7) is 5.21. The van der Waals surface area contributed by atoms with E-state index in [9.17, 15) is 4.39 Å². The van der Waals surface area contributed by atoms with Crippen LogP contribution in [0.2, 0.25) is 0 Å². The van der Waals surface area contributed by atoms with E-state index >= 15 is 0 Å². The lowest BCUT2D eigenvalue weighted by Gasteiger charge is -2.36. The normalized spacial score (nSPS) is 15.0. The maximum atomic E-state index is 13.8. The zero-order valence-corrected chi connectivity index (χ0v) is 12.8. The molecule has 0 spiro atoms. The van der Waals surface area contributed by atoms with E-state index in [1.54, 1.807) is 12.3 Å². The first-order chi connectivity index (χ1) is 10.7. The molecule has 0 saturated carbocycles. The number of benzene rings is 1. The molecule has 0 N–H and O–H groups in total. The van der Waals surface area contributed by atoms with Crippen molar-refractivity contribution < 1.29 is 9.13 Å². The average molecular weight is 302 g/mol. The van der Waals surface area contributed by atoms with Crippen molar-refractivity contribution in [1.29, 1.82) is 0 Å². The largest absolute Gasteiger partial charge is 0.494 e. The predicted octanol–water partition coefficient (Wildman–Crippen LogP) is 2.26. The number of rotatable bonds is 3. The maximum absolute atomic E-state index is 13.8. The van der Waals surface area contributed by atoms with E-state index in [1.165, 1.54) is 13.2 Å². The molecule has 3 rings (SSSR count). The molecule has 22 heavy (non-hydrogen) atoms. The van der Waals surface area contributed by atoms with Gasteiger partial charge in [0.25, 0.3) is 0 Å². The summed E-state index contributed by atoms with van der Waals surface area (Å²) in [5, 5.41) is 0. The standard InChI is InChI=1S/C16H19FN4O/c1-12-5-6-18-16(19-12)21-9-7-20(8-10-21)13-3-4-15(22-2)14(17)11-13/h3-6,11H,7-10H2,1-2H3. The summed E-state index contributed by atoms with van der Waals surface area (Å²) in [7, 11) is 1.47. The molecular weight excluding hydrogens is 283 g/mol. The van der Waals surface area contributed by atoms with Gasteiger partial charge in [0, 0.05) is 49.8 Å². The molecule has 0 radical (unpaired) electrons. The molecule has 1 aromatic heterocycles. The Kier molecular flexibility index (Phi) is 4.09. The fraction of sp³-hybridized carbons (Fsp3) is 0.375. The number of aromatic nitrogens is 2. The van der Waals surface area contributed by atoms with Crippen LogP contribution in [0.4, 0.5) is 16.0 Å². The molecule has 0 unspecified atom stereocenters. The van der Waals surface area contributed by atoms with E-state index in [2.05, 4.69) is 19.8 Å². The third-order valence-corrected chi connectivity index (χ3v) is 3.85.